The van der Waals surface area contributed by atoms with Crippen molar-refractivity contribution in [2.45, 2.75) is 24.9 Å². The van der Waals surface area contributed by atoms with Crippen molar-refractivity contribution >= 4 is 48.8 Å². The molecule has 0 amide bonds. The van der Waals surface area contributed by atoms with Gasteiger partial charge in [0.1, 0.15) is 12.3 Å². The van der Waals surface area contributed by atoms with Gasteiger partial charge in [-0.25, -0.2) is 4.79 Å². The monoisotopic (exact) mass is 506 g/mol. The number of halogens is 2. The maximum atomic E-state index is 11.9. The Morgan fingerprint density at radius 1 is 1.60 bits per heavy atom. The number of rotatable bonds is 3. The lowest BCUT2D eigenvalue weighted by Crippen LogP contribution is -2.33. The molecule has 1 aliphatic rings. The summed E-state index contributed by atoms with van der Waals surface area (Å²) in [6.45, 7) is -0.326. The first-order valence-corrected chi connectivity index (χ1v) is 8.06. The third-order valence-corrected chi connectivity index (χ3v) is 5.72. The molecule has 0 saturated carbocycles. The summed E-state index contributed by atoms with van der Waals surface area (Å²) >= 11 is 3.99. The van der Waals surface area contributed by atoms with Crippen LogP contribution in [-0.4, -0.2) is 38.6 Å². The molecule has 110 valence electrons. The van der Waals surface area contributed by atoms with Gasteiger partial charge in [-0.2, -0.15) is 0 Å². The Morgan fingerprint density at radius 2 is 2.30 bits per heavy atom. The van der Waals surface area contributed by atoms with Gasteiger partial charge in [-0.15, -0.1) is 0 Å². The summed E-state index contributed by atoms with van der Waals surface area (Å²) in [4.78, 5) is 25.8. The molecule has 1 aromatic rings. The number of aliphatic hydroxyl groups excluding tert-OH is 2. The van der Waals surface area contributed by atoms with Crippen LogP contribution in [0.5, 0.6) is 0 Å². The van der Waals surface area contributed by atoms with E-state index in [1.165, 1.54) is 10.8 Å². The summed E-state index contributed by atoms with van der Waals surface area (Å²) in [6.07, 6.45) is -0.673. The minimum atomic E-state index is -0.841. The van der Waals surface area contributed by atoms with Gasteiger partial charge >= 0.3 is 5.69 Å². The Kier molecular flexibility index (Phi) is 5.39. The number of aromatic nitrogens is 2. The molecular formula is C11H12I2N2O5. The van der Waals surface area contributed by atoms with Crippen LogP contribution >= 0.6 is 45.2 Å². The van der Waals surface area contributed by atoms with E-state index in [0.717, 1.165) is 0 Å². The molecule has 1 aromatic heterocycles. The predicted molar refractivity (Wildman–Crippen MR) is 89.0 cm³/mol. The van der Waals surface area contributed by atoms with Gasteiger partial charge in [-0.3, -0.25) is 14.3 Å². The highest BCUT2D eigenvalue weighted by Crippen LogP contribution is 2.28. The number of nitrogens with zero attached hydrogens (tertiary/aromatic N) is 1. The van der Waals surface area contributed by atoms with Crippen molar-refractivity contribution in [1.82, 2.24) is 9.55 Å². The largest absolute Gasteiger partial charge is 0.394 e. The van der Waals surface area contributed by atoms with E-state index in [2.05, 4.69) is 4.98 Å². The summed E-state index contributed by atoms with van der Waals surface area (Å²) in [6, 6.07) is 0. The maximum absolute atomic E-state index is 11.9. The van der Waals surface area contributed by atoms with Crippen LogP contribution in [0, 0.1) is 0 Å². The molecule has 1 saturated heterocycles. The van der Waals surface area contributed by atoms with Crippen LogP contribution in [-0.2, 0) is 4.74 Å². The lowest BCUT2D eigenvalue weighted by Gasteiger charge is -2.15. The Hall–Kier alpha value is -0.240. The molecule has 0 aliphatic carbocycles. The van der Waals surface area contributed by atoms with Crippen molar-refractivity contribution in [2.75, 3.05) is 6.61 Å². The molecule has 2 heterocycles. The van der Waals surface area contributed by atoms with E-state index in [1.54, 1.807) is 4.08 Å². The standard InChI is InChI=1S/C11H12I2N2O5/c12-2-6(13)5-3-15(11(19)14-10(5)18)9-1-7(17)8(4-16)20-9/h2-3,7-9,16-17H,1,4H2,(H,14,18,19)/b6-2+/t7?,8-,9-/m0/s1. The third kappa shape index (κ3) is 3.16. The topological polar surface area (TPSA) is 105 Å². The van der Waals surface area contributed by atoms with E-state index in [9.17, 15) is 14.7 Å². The van der Waals surface area contributed by atoms with E-state index in [-0.39, 0.29) is 13.0 Å². The zero-order valence-corrected chi connectivity index (χ0v) is 14.4. The lowest BCUT2D eigenvalue weighted by atomic mass is 10.2. The molecule has 2 rings (SSSR count). The molecule has 0 spiro atoms. The first-order valence-electron chi connectivity index (χ1n) is 5.74. The second-order valence-corrected chi connectivity index (χ2v) is 6.07. The summed E-state index contributed by atoms with van der Waals surface area (Å²) in [7, 11) is 0. The Bertz CT molecular complexity index is 638. The predicted octanol–water partition coefficient (Wildman–Crippen LogP) is 0.346. The van der Waals surface area contributed by atoms with Crippen molar-refractivity contribution in [2.24, 2.45) is 0 Å². The van der Waals surface area contributed by atoms with Gasteiger partial charge in [0.15, 0.2) is 0 Å². The average molecular weight is 506 g/mol. The quantitative estimate of drug-likeness (QED) is 0.514. The van der Waals surface area contributed by atoms with Gasteiger partial charge in [0.25, 0.3) is 5.56 Å². The van der Waals surface area contributed by atoms with E-state index in [0.29, 0.717) is 9.14 Å². The molecule has 1 fully saturated rings. The van der Waals surface area contributed by atoms with Gasteiger partial charge in [-0.1, -0.05) is 22.6 Å². The fourth-order valence-corrected chi connectivity index (χ4v) is 2.70. The molecule has 1 aliphatic heterocycles. The molecule has 1 unspecified atom stereocenters. The van der Waals surface area contributed by atoms with Crippen LogP contribution < -0.4 is 11.2 Å². The molecule has 3 atom stereocenters. The maximum Gasteiger partial charge on any atom is 0.330 e. The average Bonchev–Trinajstić information content (AvgIpc) is 2.79. The molecule has 0 aromatic carbocycles. The molecular weight excluding hydrogens is 494 g/mol. The first-order chi connectivity index (χ1) is 9.47. The van der Waals surface area contributed by atoms with Crippen LogP contribution in [0.25, 0.3) is 3.58 Å². The minimum Gasteiger partial charge on any atom is -0.394 e. The smallest absolute Gasteiger partial charge is 0.330 e. The summed E-state index contributed by atoms with van der Waals surface area (Å²) in [5, 5.41) is 18.8. The Balaban J connectivity index is 2.43. The van der Waals surface area contributed by atoms with Crippen molar-refractivity contribution in [1.29, 1.82) is 0 Å². The van der Waals surface area contributed by atoms with Gasteiger partial charge in [-0.05, 0) is 26.7 Å². The van der Waals surface area contributed by atoms with Gasteiger partial charge in [0.05, 0.1) is 18.3 Å². The minimum absolute atomic E-state index is 0.182. The van der Waals surface area contributed by atoms with E-state index < -0.39 is 29.7 Å². The van der Waals surface area contributed by atoms with E-state index >= 15 is 0 Å². The molecule has 0 bridgehead atoms. The molecule has 0 radical (unpaired) electrons. The number of nitrogens with one attached hydrogen (secondary N) is 1. The van der Waals surface area contributed by atoms with Crippen molar-refractivity contribution in [3.05, 3.63) is 36.7 Å². The number of ether oxygens (including phenoxy) is 1. The fraction of sp³-hybridized carbons (Fsp3) is 0.455. The number of hydrogen-bond donors (Lipinski definition) is 3. The number of hydrogen-bond acceptors (Lipinski definition) is 5. The number of aromatic amines is 1. The number of H-pyrrole nitrogens is 1. The molecule has 3 N–H and O–H groups in total. The van der Waals surface area contributed by atoms with Crippen molar-refractivity contribution in [3.8, 4) is 0 Å². The highest BCUT2D eigenvalue weighted by atomic mass is 127. The van der Waals surface area contributed by atoms with Crippen LogP contribution in [0.4, 0.5) is 0 Å². The van der Waals surface area contributed by atoms with Crippen LogP contribution in [0.1, 0.15) is 18.2 Å². The highest BCUT2D eigenvalue weighted by Gasteiger charge is 2.35. The van der Waals surface area contributed by atoms with Crippen LogP contribution in [0.3, 0.4) is 0 Å². The molecule has 7 nitrogen and oxygen atoms in total. The fourth-order valence-electron chi connectivity index (χ4n) is 1.98. The zero-order valence-electron chi connectivity index (χ0n) is 10.1. The van der Waals surface area contributed by atoms with Gasteiger partial charge in [0, 0.05) is 16.2 Å². The summed E-state index contributed by atoms with van der Waals surface area (Å²) < 4.78 is 9.06. The second kappa shape index (κ2) is 6.68. The molecule has 20 heavy (non-hydrogen) atoms. The van der Waals surface area contributed by atoms with E-state index in [1.807, 2.05) is 45.2 Å². The lowest BCUT2D eigenvalue weighted by molar-refractivity contribution is -0.0459. The first kappa shape index (κ1) is 16.1. The SMILES string of the molecule is O=c1[nH]c(=O)n([C@@H]2CC(O)[C@H](CO)O2)cc1/C(I)=C\I. The van der Waals surface area contributed by atoms with Gasteiger partial charge < -0.3 is 14.9 Å². The van der Waals surface area contributed by atoms with Crippen LogP contribution in [0.15, 0.2) is 19.9 Å². The summed E-state index contributed by atoms with van der Waals surface area (Å²) in [5.74, 6) is 0. The van der Waals surface area contributed by atoms with Crippen molar-refractivity contribution in [3.63, 3.8) is 0 Å². The second-order valence-electron chi connectivity index (χ2n) is 4.28. The Labute approximate surface area is 140 Å². The summed E-state index contributed by atoms with van der Waals surface area (Å²) in [5.41, 5.74) is -0.724. The number of aliphatic hydroxyl groups is 2. The van der Waals surface area contributed by atoms with E-state index in [4.69, 9.17) is 9.84 Å². The van der Waals surface area contributed by atoms with Crippen LogP contribution in [0.2, 0.25) is 0 Å². The highest BCUT2D eigenvalue weighted by molar-refractivity contribution is 14.1. The van der Waals surface area contributed by atoms with Gasteiger partial charge in [0.2, 0.25) is 0 Å². The molecule has 9 heteroatoms. The normalized spacial score (nSPS) is 27.0. The zero-order chi connectivity index (χ0) is 14.9. The third-order valence-electron chi connectivity index (χ3n) is 3.02. The Morgan fingerprint density at radius 3 is 2.85 bits per heavy atom. The van der Waals surface area contributed by atoms with Crippen molar-refractivity contribution < 1.29 is 14.9 Å².